The van der Waals surface area contributed by atoms with E-state index in [2.05, 4.69) is 19.2 Å². The van der Waals surface area contributed by atoms with Gasteiger partial charge >= 0.3 is 0 Å². The van der Waals surface area contributed by atoms with Gasteiger partial charge in [0.2, 0.25) is 0 Å². The van der Waals surface area contributed by atoms with Crippen LogP contribution in [0.2, 0.25) is 5.02 Å². The highest BCUT2D eigenvalue weighted by molar-refractivity contribution is 6.31. The van der Waals surface area contributed by atoms with Crippen molar-refractivity contribution in [1.29, 1.82) is 0 Å². The molecule has 3 heteroatoms. The molecular formula is C13H17ClFN. The fourth-order valence-corrected chi connectivity index (χ4v) is 3.27. The SMILES string of the molecule is CNC1CC(C)(C)c2c(Cl)cc(F)c(C)c21. The van der Waals surface area contributed by atoms with Crippen LogP contribution in [0.5, 0.6) is 0 Å². The van der Waals surface area contributed by atoms with Crippen LogP contribution in [-0.2, 0) is 5.41 Å². The predicted molar refractivity (Wildman–Crippen MR) is 65.6 cm³/mol. The standard InChI is InChI=1S/C13H17ClFN/c1-7-9(15)5-8(14)12-11(7)10(16-4)6-13(12,2)3/h5,10,16H,6H2,1-4H3. The molecule has 2 rings (SSSR count). The Balaban J connectivity index is 2.74. The van der Waals surface area contributed by atoms with Gasteiger partial charge in [-0.2, -0.15) is 0 Å². The van der Waals surface area contributed by atoms with E-state index in [1.165, 1.54) is 6.07 Å². The molecule has 0 saturated heterocycles. The molecule has 1 aromatic carbocycles. The minimum atomic E-state index is -0.207. The van der Waals surface area contributed by atoms with Crippen LogP contribution < -0.4 is 5.32 Å². The van der Waals surface area contributed by atoms with E-state index < -0.39 is 0 Å². The van der Waals surface area contributed by atoms with Crippen LogP contribution in [0, 0.1) is 12.7 Å². The summed E-state index contributed by atoms with van der Waals surface area (Å²) in [6, 6.07) is 1.65. The third-order valence-electron chi connectivity index (χ3n) is 3.61. The Hall–Kier alpha value is -0.600. The predicted octanol–water partition coefficient (Wildman–Crippen LogP) is 3.73. The van der Waals surface area contributed by atoms with Crippen molar-refractivity contribution >= 4 is 11.6 Å². The first-order valence-corrected chi connectivity index (χ1v) is 5.92. The Morgan fingerprint density at radius 3 is 2.69 bits per heavy atom. The molecule has 1 aromatic rings. The highest BCUT2D eigenvalue weighted by Crippen LogP contribution is 2.49. The molecule has 0 spiro atoms. The molecule has 0 amide bonds. The summed E-state index contributed by atoms with van der Waals surface area (Å²) in [5.41, 5.74) is 2.90. The lowest BCUT2D eigenvalue weighted by atomic mass is 9.86. The van der Waals surface area contributed by atoms with Crippen LogP contribution in [0.4, 0.5) is 4.39 Å². The largest absolute Gasteiger partial charge is 0.313 e. The molecule has 1 aliphatic carbocycles. The average Bonchev–Trinajstić information content (AvgIpc) is 2.46. The van der Waals surface area contributed by atoms with Gasteiger partial charge in [-0.3, -0.25) is 0 Å². The summed E-state index contributed by atoms with van der Waals surface area (Å²) in [7, 11) is 1.91. The normalized spacial score (nSPS) is 22.2. The number of rotatable bonds is 1. The van der Waals surface area contributed by atoms with Gasteiger partial charge < -0.3 is 5.32 Å². The van der Waals surface area contributed by atoms with Gasteiger partial charge in [0.25, 0.3) is 0 Å². The molecule has 16 heavy (non-hydrogen) atoms. The summed E-state index contributed by atoms with van der Waals surface area (Å²) in [5, 5.41) is 3.80. The molecule has 0 fully saturated rings. The van der Waals surface area contributed by atoms with Crippen molar-refractivity contribution in [3.8, 4) is 0 Å². The van der Waals surface area contributed by atoms with Gasteiger partial charge in [0.15, 0.2) is 0 Å². The summed E-state index contributed by atoms with van der Waals surface area (Å²) < 4.78 is 13.7. The third-order valence-corrected chi connectivity index (χ3v) is 3.91. The Morgan fingerprint density at radius 1 is 1.50 bits per heavy atom. The van der Waals surface area contributed by atoms with E-state index >= 15 is 0 Å². The van der Waals surface area contributed by atoms with Gasteiger partial charge in [-0.05, 0) is 48.6 Å². The van der Waals surface area contributed by atoms with Crippen molar-refractivity contribution < 1.29 is 4.39 Å². The van der Waals surface area contributed by atoms with E-state index in [-0.39, 0.29) is 17.3 Å². The minimum Gasteiger partial charge on any atom is -0.313 e. The van der Waals surface area contributed by atoms with E-state index in [0.717, 1.165) is 23.1 Å². The van der Waals surface area contributed by atoms with Crippen LogP contribution in [0.3, 0.4) is 0 Å². The second kappa shape index (κ2) is 3.71. The molecule has 0 radical (unpaired) electrons. The Kier molecular flexibility index (Phi) is 2.75. The van der Waals surface area contributed by atoms with Gasteiger partial charge in [-0.15, -0.1) is 0 Å². The molecule has 1 unspecified atom stereocenters. The Labute approximate surface area is 101 Å². The lowest BCUT2D eigenvalue weighted by Gasteiger charge is -2.20. The first-order chi connectivity index (χ1) is 7.38. The molecule has 0 bridgehead atoms. The van der Waals surface area contributed by atoms with Crippen LogP contribution >= 0.6 is 11.6 Å². The summed E-state index contributed by atoms with van der Waals surface area (Å²) in [6.45, 7) is 6.15. The van der Waals surface area contributed by atoms with Gasteiger partial charge in [-0.1, -0.05) is 25.4 Å². The maximum atomic E-state index is 13.7. The summed E-state index contributed by atoms with van der Waals surface area (Å²) in [6.07, 6.45) is 0.961. The number of hydrogen-bond acceptors (Lipinski definition) is 1. The van der Waals surface area contributed by atoms with Crippen molar-refractivity contribution in [2.24, 2.45) is 0 Å². The molecule has 88 valence electrons. The second-order valence-corrected chi connectivity index (χ2v) is 5.59. The van der Waals surface area contributed by atoms with Gasteiger partial charge in [0.05, 0.1) is 0 Å². The zero-order chi connectivity index (χ0) is 12.1. The monoisotopic (exact) mass is 241 g/mol. The molecule has 1 aliphatic rings. The van der Waals surface area contributed by atoms with Gasteiger partial charge in [-0.25, -0.2) is 4.39 Å². The minimum absolute atomic E-state index is 0.0125. The highest BCUT2D eigenvalue weighted by atomic mass is 35.5. The topological polar surface area (TPSA) is 12.0 Å². The van der Waals surface area contributed by atoms with Crippen molar-refractivity contribution in [3.05, 3.63) is 33.6 Å². The second-order valence-electron chi connectivity index (χ2n) is 5.18. The van der Waals surface area contributed by atoms with Crippen LogP contribution in [-0.4, -0.2) is 7.05 Å². The first-order valence-electron chi connectivity index (χ1n) is 5.54. The fourth-order valence-electron chi connectivity index (χ4n) is 2.82. The van der Waals surface area contributed by atoms with Crippen molar-refractivity contribution in [2.75, 3.05) is 7.05 Å². The lowest BCUT2D eigenvalue weighted by molar-refractivity contribution is 0.446. The molecule has 0 aliphatic heterocycles. The van der Waals surface area contributed by atoms with Crippen molar-refractivity contribution in [2.45, 2.75) is 38.6 Å². The smallest absolute Gasteiger partial charge is 0.127 e. The fraction of sp³-hybridized carbons (Fsp3) is 0.538. The van der Waals surface area contributed by atoms with Crippen LogP contribution in [0.15, 0.2) is 6.07 Å². The van der Waals surface area contributed by atoms with Crippen molar-refractivity contribution in [1.82, 2.24) is 5.32 Å². The summed E-state index contributed by atoms with van der Waals surface area (Å²) in [4.78, 5) is 0. The van der Waals surface area contributed by atoms with E-state index in [1.807, 2.05) is 14.0 Å². The van der Waals surface area contributed by atoms with E-state index in [4.69, 9.17) is 11.6 Å². The molecule has 0 saturated carbocycles. The van der Waals surface area contributed by atoms with E-state index in [1.54, 1.807) is 0 Å². The lowest BCUT2D eigenvalue weighted by Crippen LogP contribution is -2.17. The number of nitrogens with one attached hydrogen (secondary N) is 1. The molecule has 1 nitrogen and oxygen atoms in total. The maximum Gasteiger partial charge on any atom is 0.127 e. The Bertz CT molecular complexity index is 440. The number of benzene rings is 1. The van der Waals surface area contributed by atoms with E-state index in [9.17, 15) is 4.39 Å². The van der Waals surface area contributed by atoms with Gasteiger partial charge in [0, 0.05) is 11.1 Å². The molecule has 0 aromatic heterocycles. The number of halogens is 2. The average molecular weight is 242 g/mol. The molecule has 1 atom stereocenters. The highest BCUT2D eigenvalue weighted by Gasteiger charge is 2.39. The van der Waals surface area contributed by atoms with E-state index in [0.29, 0.717) is 5.02 Å². The summed E-state index contributed by atoms with van der Waals surface area (Å²) >= 11 is 6.19. The molecule has 1 N–H and O–H groups in total. The zero-order valence-electron chi connectivity index (χ0n) is 10.1. The van der Waals surface area contributed by atoms with Crippen molar-refractivity contribution in [3.63, 3.8) is 0 Å². The van der Waals surface area contributed by atoms with Crippen LogP contribution in [0.1, 0.15) is 43.0 Å². The number of fused-ring (bicyclic) bond motifs is 1. The maximum absolute atomic E-state index is 13.7. The molecular weight excluding hydrogens is 225 g/mol. The molecule has 0 heterocycles. The quantitative estimate of drug-likeness (QED) is 0.790. The van der Waals surface area contributed by atoms with Gasteiger partial charge in [0.1, 0.15) is 5.82 Å². The zero-order valence-corrected chi connectivity index (χ0v) is 10.9. The third kappa shape index (κ3) is 1.56. The number of hydrogen-bond donors (Lipinski definition) is 1. The van der Waals surface area contributed by atoms with Crippen LogP contribution in [0.25, 0.3) is 0 Å². The summed E-state index contributed by atoms with van der Waals surface area (Å²) in [5.74, 6) is -0.207. The Morgan fingerprint density at radius 2 is 2.12 bits per heavy atom. The first kappa shape index (κ1) is 11.9.